The normalized spacial score (nSPS) is 24.7. The van der Waals surface area contributed by atoms with Crippen LogP contribution in [0.15, 0.2) is 0 Å². The van der Waals surface area contributed by atoms with Crippen LogP contribution in [0, 0.1) is 0 Å². The Labute approximate surface area is 105 Å². The van der Waals surface area contributed by atoms with Gasteiger partial charge in [0, 0.05) is 37.7 Å². The molecule has 17 heavy (non-hydrogen) atoms. The van der Waals surface area contributed by atoms with Gasteiger partial charge in [0.15, 0.2) is 9.84 Å². The number of hydrogen-bond donors (Lipinski definition) is 1. The Hall–Kier alpha value is -0.730. The summed E-state index contributed by atoms with van der Waals surface area (Å²) >= 11 is 1.32. The lowest BCUT2D eigenvalue weighted by Gasteiger charge is -2.32. The standard InChI is InChI=1S/C9H16N4O2S2/c1-7-6-17(14,15)4-3-13(7)5-8-9(10-2)16-12-11-8/h7,10H,3-6H2,1-2H3. The molecule has 0 bridgehead atoms. The first kappa shape index (κ1) is 12.7. The van der Waals surface area contributed by atoms with Gasteiger partial charge in [-0.25, -0.2) is 8.42 Å². The van der Waals surface area contributed by atoms with Crippen LogP contribution in [0.25, 0.3) is 0 Å². The number of anilines is 1. The Morgan fingerprint density at radius 1 is 1.59 bits per heavy atom. The lowest BCUT2D eigenvalue weighted by atomic mass is 10.3. The third kappa shape index (κ3) is 2.93. The Bertz CT molecular complexity index is 485. The first-order valence-electron chi connectivity index (χ1n) is 5.45. The van der Waals surface area contributed by atoms with Crippen LogP contribution in [-0.4, -0.2) is 54.0 Å². The van der Waals surface area contributed by atoms with E-state index in [-0.39, 0.29) is 17.5 Å². The highest BCUT2D eigenvalue weighted by Crippen LogP contribution is 2.21. The molecule has 6 nitrogen and oxygen atoms in total. The fourth-order valence-electron chi connectivity index (χ4n) is 1.96. The zero-order chi connectivity index (χ0) is 12.5. The summed E-state index contributed by atoms with van der Waals surface area (Å²) in [5.41, 5.74) is 0.892. The summed E-state index contributed by atoms with van der Waals surface area (Å²) < 4.78 is 26.8. The lowest BCUT2D eigenvalue weighted by Crippen LogP contribution is -2.46. The van der Waals surface area contributed by atoms with Crippen molar-refractivity contribution in [3.05, 3.63) is 5.69 Å². The minimum absolute atomic E-state index is 0.0418. The number of hydrogen-bond acceptors (Lipinski definition) is 7. The van der Waals surface area contributed by atoms with E-state index >= 15 is 0 Å². The number of sulfone groups is 1. The fraction of sp³-hybridized carbons (Fsp3) is 0.778. The Balaban J connectivity index is 2.05. The number of nitrogens with one attached hydrogen (secondary N) is 1. The molecule has 2 rings (SSSR count). The number of nitrogens with zero attached hydrogens (tertiary/aromatic N) is 3. The van der Waals surface area contributed by atoms with E-state index in [4.69, 9.17) is 0 Å². The van der Waals surface area contributed by atoms with Crippen LogP contribution in [0.3, 0.4) is 0 Å². The van der Waals surface area contributed by atoms with Crippen molar-refractivity contribution in [2.24, 2.45) is 0 Å². The van der Waals surface area contributed by atoms with Crippen LogP contribution in [-0.2, 0) is 16.4 Å². The molecule has 1 aromatic rings. The van der Waals surface area contributed by atoms with Crippen LogP contribution in [0.5, 0.6) is 0 Å². The predicted octanol–water partition coefficient (Wildman–Crippen LogP) is 0.199. The molecule has 1 aliphatic heterocycles. The molecule has 1 unspecified atom stereocenters. The zero-order valence-corrected chi connectivity index (χ0v) is 11.5. The molecular weight excluding hydrogens is 260 g/mol. The molecule has 2 heterocycles. The summed E-state index contributed by atoms with van der Waals surface area (Å²) in [4.78, 5) is 2.14. The van der Waals surface area contributed by atoms with Gasteiger partial charge in [-0.05, 0) is 6.92 Å². The summed E-state index contributed by atoms with van der Waals surface area (Å²) in [6, 6.07) is 0.0418. The molecule has 0 amide bonds. The molecule has 1 aromatic heterocycles. The molecule has 1 N–H and O–H groups in total. The second-order valence-corrected chi connectivity index (χ2v) is 7.22. The van der Waals surface area contributed by atoms with Crippen molar-refractivity contribution >= 4 is 26.4 Å². The van der Waals surface area contributed by atoms with E-state index in [1.807, 2.05) is 14.0 Å². The van der Waals surface area contributed by atoms with Gasteiger partial charge in [-0.3, -0.25) is 4.90 Å². The van der Waals surface area contributed by atoms with Gasteiger partial charge in [-0.2, -0.15) is 0 Å². The third-order valence-electron chi connectivity index (χ3n) is 2.94. The molecule has 0 spiro atoms. The van der Waals surface area contributed by atoms with Crippen LogP contribution < -0.4 is 5.32 Å². The van der Waals surface area contributed by atoms with Crippen LogP contribution in [0.4, 0.5) is 5.00 Å². The van der Waals surface area contributed by atoms with Crippen LogP contribution in [0.2, 0.25) is 0 Å². The summed E-state index contributed by atoms with van der Waals surface area (Å²) in [5, 5.41) is 8.06. The monoisotopic (exact) mass is 276 g/mol. The largest absolute Gasteiger partial charge is 0.377 e. The quantitative estimate of drug-likeness (QED) is 0.850. The van der Waals surface area contributed by atoms with Gasteiger partial charge in [0.1, 0.15) is 10.7 Å². The van der Waals surface area contributed by atoms with Crippen molar-refractivity contribution in [2.45, 2.75) is 19.5 Å². The van der Waals surface area contributed by atoms with E-state index in [1.54, 1.807) is 0 Å². The molecule has 0 radical (unpaired) electrons. The van der Waals surface area contributed by atoms with Crippen molar-refractivity contribution < 1.29 is 8.42 Å². The van der Waals surface area contributed by atoms with E-state index < -0.39 is 9.84 Å². The van der Waals surface area contributed by atoms with Crippen LogP contribution in [0.1, 0.15) is 12.6 Å². The smallest absolute Gasteiger partial charge is 0.153 e. The molecule has 96 valence electrons. The topological polar surface area (TPSA) is 75.2 Å². The van der Waals surface area contributed by atoms with Crippen molar-refractivity contribution in [3.63, 3.8) is 0 Å². The Morgan fingerprint density at radius 3 is 3.00 bits per heavy atom. The average molecular weight is 276 g/mol. The maximum atomic E-state index is 11.5. The second-order valence-electron chi connectivity index (χ2n) is 4.23. The van der Waals surface area contributed by atoms with Gasteiger partial charge in [-0.1, -0.05) is 4.49 Å². The summed E-state index contributed by atoms with van der Waals surface area (Å²) in [5.74, 6) is 0.475. The van der Waals surface area contributed by atoms with Gasteiger partial charge < -0.3 is 5.32 Å². The van der Waals surface area contributed by atoms with Crippen molar-refractivity contribution in [1.29, 1.82) is 0 Å². The lowest BCUT2D eigenvalue weighted by molar-refractivity contribution is 0.216. The third-order valence-corrected chi connectivity index (χ3v) is 5.52. The van der Waals surface area contributed by atoms with E-state index in [9.17, 15) is 8.42 Å². The summed E-state index contributed by atoms with van der Waals surface area (Å²) in [7, 11) is -1.01. The van der Waals surface area contributed by atoms with Crippen molar-refractivity contribution in [3.8, 4) is 0 Å². The van der Waals surface area contributed by atoms with Gasteiger partial charge >= 0.3 is 0 Å². The summed E-state index contributed by atoms with van der Waals surface area (Å²) in [6.45, 7) is 3.17. The molecule has 0 aromatic carbocycles. The average Bonchev–Trinajstić information content (AvgIpc) is 2.69. The first-order chi connectivity index (χ1) is 8.02. The van der Waals surface area contributed by atoms with Gasteiger partial charge in [-0.15, -0.1) is 5.10 Å². The fourth-order valence-corrected chi connectivity index (χ4v) is 4.11. The van der Waals surface area contributed by atoms with Gasteiger partial charge in [0.2, 0.25) is 0 Å². The zero-order valence-electron chi connectivity index (χ0n) is 9.88. The number of rotatable bonds is 3. The molecule has 8 heteroatoms. The van der Waals surface area contributed by atoms with E-state index in [0.29, 0.717) is 13.1 Å². The molecule has 1 atom stereocenters. The van der Waals surface area contributed by atoms with Crippen molar-refractivity contribution in [2.75, 3.05) is 30.4 Å². The molecular formula is C9H16N4O2S2. The maximum absolute atomic E-state index is 11.5. The van der Waals surface area contributed by atoms with E-state index in [0.717, 1.165) is 10.7 Å². The molecule has 0 saturated carbocycles. The summed E-state index contributed by atoms with van der Waals surface area (Å²) in [6.07, 6.45) is 0. The molecule has 1 fully saturated rings. The molecule has 1 aliphatic rings. The van der Waals surface area contributed by atoms with Gasteiger partial charge in [0.05, 0.1) is 11.5 Å². The Morgan fingerprint density at radius 2 is 2.35 bits per heavy atom. The maximum Gasteiger partial charge on any atom is 0.153 e. The minimum Gasteiger partial charge on any atom is -0.377 e. The molecule has 0 aliphatic carbocycles. The minimum atomic E-state index is -2.85. The first-order valence-corrected chi connectivity index (χ1v) is 8.05. The Kier molecular flexibility index (Phi) is 3.64. The SMILES string of the molecule is CNc1snnc1CN1CCS(=O)(=O)CC1C. The van der Waals surface area contributed by atoms with E-state index in [1.165, 1.54) is 11.5 Å². The van der Waals surface area contributed by atoms with Gasteiger partial charge in [0.25, 0.3) is 0 Å². The predicted molar refractivity (Wildman–Crippen MR) is 68.0 cm³/mol. The molecule has 1 saturated heterocycles. The highest BCUT2D eigenvalue weighted by atomic mass is 32.2. The van der Waals surface area contributed by atoms with Crippen LogP contribution >= 0.6 is 11.5 Å². The van der Waals surface area contributed by atoms with Crippen molar-refractivity contribution in [1.82, 2.24) is 14.5 Å². The van der Waals surface area contributed by atoms with E-state index in [2.05, 4.69) is 19.8 Å². The second kappa shape index (κ2) is 4.87. The highest BCUT2D eigenvalue weighted by Gasteiger charge is 2.28. The number of aromatic nitrogens is 2. The highest BCUT2D eigenvalue weighted by molar-refractivity contribution is 7.91.